The topological polar surface area (TPSA) is 78.1 Å². The van der Waals surface area contributed by atoms with E-state index in [1.165, 1.54) is 4.31 Å². The van der Waals surface area contributed by atoms with Crippen LogP contribution in [0.3, 0.4) is 0 Å². The summed E-state index contributed by atoms with van der Waals surface area (Å²) in [4.78, 5) is 0.283. The Morgan fingerprint density at radius 3 is 2.40 bits per heavy atom. The van der Waals surface area contributed by atoms with Crippen LogP contribution < -0.4 is 5.32 Å². The summed E-state index contributed by atoms with van der Waals surface area (Å²) in [6.07, 6.45) is 0. The molecule has 0 amide bonds. The zero-order valence-electron chi connectivity index (χ0n) is 13.4. The van der Waals surface area contributed by atoms with Crippen molar-refractivity contribution in [1.82, 2.24) is 19.8 Å². The summed E-state index contributed by atoms with van der Waals surface area (Å²) < 4.78 is 27.1. The van der Waals surface area contributed by atoms with Crippen LogP contribution in [0, 0.1) is 12.3 Å². The average Bonchev–Trinajstić information content (AvgIpc) is 2.68. The number of nitrogens with zero attached hydrogens (tertiary/aromatic N) is 2. The van der Waals surface area contributed by atoms with E-state index in [0.717, 1.165) is 0 Å². The fraction of sp³-hybridized carbons (Fsp3) is 0.769. The van der Waals surface area contributed by atoms with E-state index in [-0.39, 0.29) is 16.4 Å². The molecule has 0 aliphatic heterocycles. The lowest BCUT2D eigenvalue weighted by Crippen LogP contribution is -2.43. The largest absolute Gasteiger partial charge is 0.314 e. The van der Waals surface area contributed by atoms with Crippen molar-refractivity contribution in [1.29, 1.82) is 0 Å². The maximum Gasteiger partial charge on any atom is 0.246 e. The van der Waals surface area contributed by atoms with Crippen LogP contribution in [-0.2, 0) is 16.6 Å². The first-order valence-corrected chi connectivity index (χ1v) is 8.14. The fourth-order valence-electron chi connectivity index (χ4n) is 2.00. The molecule has 0 saturated heterocycles. The number of H-pyrrole nitrogens is 1. The lowest BCUT2D eigenvalue weighted by molar-refractivity contribution is 0.216. The number of aromatic amines is 1. The third-order valence-electron chi connectivity index (χ3n) is 3.74. The molecular weight excluding hydrogens is 276 g/mol. The molecule has 0 spiro atoms. The highest BCUT2D eigenvalue weighted by molar-refractivity contribution is 7.89. The van der Waals surface area contributed by atoms with Gasteiger partial charge < -0.3 is 5.32 Å². The Balaban J connectivity index is 3.27. The Hall–Kier alpha value is -0.920. The van der Waals surface area contributed by atoms with Crippen LogP contribution in [0.4, 0.5) is 0 Å². The summed E-state index contributed by atoms with van der Waals surface area (Å²) in [5.74, 6) is 0. The lowest BCUT2D eigenvalue weighted by atomic mass is 9.88. The van der Waals surface area contributed by atoms with Crippen LogP contribution in [0.25, 0.3) is 0 Å². The first kappa shape index (κ1) is 17.1. The van der Waals surface area contributed by atoms with Crippen molar-refractivity contribution in [2.75, 3.05) is 14.1 Å². The molecule has 1 atom stereocenters. The van der Waals surface area contributed by atoms with Crippen molar-refractivity contribution < 1.29 is 8.42 Å². The molecule has 0 saturated carbocycles. The monoisotopic (exact) mass is 302 g/mol. The molecule has 116 valence electrons. The molecular formula is C13H26N4O2S. The molecule has 0 bridgehead atoms. The molecule has 1 aromatic rings. The number of aromatic nitrogens is 2. The number of hydrogen-bond donors (Lipinski definition) is 2. The Kier molecular flexibility index (Phi) is 4.99. The van der Waals surface area contributed by atoms with Gasteiger partial charge in [0.1, 0.15) is 4.90 Å². The Morgan fingerprint density at radius 1 is 1.40 bits per heavy atom. The Bertz CT molecular complexity index is 557. The molecule has 6 nitrogen and oxygen atoms in total. The van der Waals surface area contributed by atoms with Gasteiger partial charge in [0.05, 0.1) is 11.4 Å². The molecule has 2 N–H and O–H groups in total. The SMILES string of the molecule is CNCc1n[nH]c(C)c1S(=O)(=O)N(C)C(C)C(C)(C)C. The highest BCUT2D eigenvalue weighted by Gasteiger charge is 2.35. The average molecular weight is 302 g/mol. The van der Waals surface area contributed by atoms with Crippen molar-refractivity contribution in [3.63, 3.8) is 0 Å². The second-order valence-corrected chi connectivity index (χ2v) is 8.15. The molecule has 0 aliphatic rings. The van der Waals surface area contributed by atoms with Gasteiger partial charge in [-0.2, -0.15) is 9.40 Å². The number of sulfonamides is 1. The van der Waals surface area contributed by atoms with Crippen LogP contribution >= 0.6 is 0 Å². The van der Waals surface area contributed by atoms with Crippen molar-refractivity contribution in [2.24, 2.45) is 5.41 Å². The fourth-order valence-corrected chi connectivity index (χ4v) is 3.87. The molecule has 20 heavy (non-hydrogen) atoms. The van der Waals surface area contributed by atoms with E-state index in [0.29, 0.717) is 17.9 Å². The molecule has 1 aromatic heterocycles. The lowest BCUT2D eigenvalue weighted by Gasteiger charge is -2.34. The number of nitrogens with one attached hydrogen (secondary N) is 2. The molecule has 0 aliphatic carbocycles. The quantitative estimate of drug-likeness (QED) is 0.864. The number of rotatable bonds is 5. The predicted octanol–water partition coefficient (Wildman–Crippen LogP) is 1.49. The van der Waals surface area contributed by atoms with E-state index in [9.17, 15) is 8.42 Å². The summed E-state index contributed by atoms with van der Waals surface area (Å²) >= 11 is 0. The van der Waals surface area contributed by atoms with Crippen LogP contribution in [0.1, 0.15) is 39.1 Å². The zero-order valence-corrected chi connectivity index (χ0v) is 14.2. The van der Waals surface area contributed by atoms with Crippen molar-refractivity contribution >= 4 is 10.0 Å². The van der Waals surface area contributed by atoms with Gasteiger partial charge in [0.2, 0.25) is 10.0 Å². The Labute approximate surface area is 122 Å². The molecule has 1 unspecified atom stereocenters. The molecule has 1 rings (SSSR count). The van der Waals surface area contributed by atoms with Crippen LogP contribution in [0.15, 0.2) is 4.90 Å². The van der Waals surface area contributed by atoms with Gasteiger partial charge in [0, 0.05) is 19.6 Å². The second-order valence-electron chi connectivity index (χ2n) is 6.22. The third-order valence-corrected chi connectivity index (χ3v) is 5.87. The summed E-state index contributed by atoms with van der Waals surface area (Å²) in [5, 5.41) is 9.79. The van der Waals surface area contributed by atoms with E-state index in [1.54, 1.807) is 21.0 Å². The van der Waals surface area contributed by atoms with Gasteiger partial charge in [0.25, 0.3) is 0 Å². The van der Waals surface area contributed by atoms with Gasteiger partial charge in [-0.3, -0.25) is 5.10 Å². The predicted molar refractivity (Wildman–Crippen MR) is 80.0 cm³/mol. The highest BCUT2D eigenvalue weighted by Crippen LogP contribution is 2.29. The first-order valence-electron chi connectivity index (χ1n) is 6.70. The van der Waals surface area contributed by atoms with Gasteiger partial charge in [-0.05, 0) is 26.3 Å². The van der Waals surface area contributed by atoms with Gasteiger partial charge >= 0.3 is 0 Å². The minimum atomic E-state index is -3.56. The van der Waals surface area contributed by atoms with Crippen LogP contribution in [0.5, 0.6) is 0 Å². The van der Waals surface area contributed by atoms with Gasteiger partial charge in [-0.15, -0.1) is 0 Å². The van der Waals surface area contributed by atoms with E-state index in [1.807, 2.05) is 27.7 Å². The van der Waals surface area contributed by atoms with Gasteiger partial charge in [0.15, 0.2) is 0 Å². The van der Waals surface area contributed by atoms with Gasteiger partial charge in [-0.25, -0.2) is 8.42 Å². The normalized spacial score (nSPS) is 14.8. The van der Waals surface area contributed by atoms with Crippen LogP contribution in [-0.4, -0.2) is 43.1 Å². The van der Waals surface area contributed by atoms with E-state index in [2.05, 4.69) is 15.5 Å². The summed E-state index contributed by atoms with van der Waals surface area (Å²) in [7, 11) is -0.170. The molecule has 1 heterocycles. The minimum absolute atomic E-state index is 0.121. The standard InChI is InChI=1S/C13H26N4O2S/c1-9-12(11(8-14-6)16-15-9)20(18,19)17(7)10(2)13(3,4)5/h10,14H,8H2,1-7H3,(H,15,16). The maximum atomic E-state index is 12.8. The first-order chi connectivity index (χ1) is 9.03. The van der Waals surface area contributed by atoms with Crippen molar-refractivity contribution in [3.05, 3.63) is 11.4 Å². The van der Waals surface area contributed by atoms with Crippen molar-refractivity contribution in [3.8, 4) is 0 Å². The Morgan fingerprint density at radius 2 is 1.95 bits per heavy atom. The van der Waals surface area contributed by atoms with Crippen LogP contribution in [0.2, 0.25) is 0 Å². The molecule has 0 radical (unpaired) electrons. The zero-order chi connectivity index (χ0) is 15.7. The van der Waals surface area contributed by atoms with Crippen molar-refractivity contribution in [2.45, 2.75) is 52.1 Å². The molecule has 0 aromatic carbocycles. The molecule has 7 heteroatoms. The summed E-state index contributed by atoms with van der Waals surface area (Å²) in [6.45, 7) is 10.2. The smallest absolute Gasteiger partial charge is 0.246 e. The van der Waals surface area contributed by atoms with E-state index < -0.39 is 10.0 Å². The highest BCUT2D eigenvalue weighted by atomic mass is 32.2. The summed E-state index contributed by atoms with van der Waals surface area (Å²) in [5.41, 5.74) is 0.962. The molecule has 0 fully saturated rings. The second kappa shape index (κ2) is 5.83. The van der Waals surface area contributed by atoms with E-state index in [4.69, 9.17) is 0 Å². The minimum Gasteiger partial charge on any atom is -0.314 e. The number of hydrogen-bond acceptors (Lipinski definition) is 4. The van der Waals surface area contributed by atoms with E-state index >= 15 is 0 Å². The summed E-state index contributed by atoms with van der Waals surface area (Å²) in [6, 6.07) is -0.121. The number of aryl methyl sites for hydroxylation is 1. The van der Waals surface area contributed by atoms with Gasteiger partial charge in [-0.1, -0.05) is 20.8 Å². The third kappa shape index (κ3) is 3.21. The maximum absolute atomic E-state index is 12.8.